The Labute approximate surface area is 187 Å². The Morgan fingerprint density at radius 3 is 2.61 bits per heavy atom. The lowest BCUT2D eigenvalue weighted by atomic mass is 9.97. The SMILES string of the molecule is COc1ccc(S(=O)(=O)NCC(c2ccsc2)N2CCc3ccccc3C2)c(OC)c1. The number of thiophene rings is 1. The average molecular weight is 459 g/mol. The van der Waals surface area contributed by atoms with Crippen molar-refractivity contribution in [3.63, 3.8) is 0 Å². The van der Waals surface area contributed by atoms with Crippen LogP contribution in [0.5, 0.6) is 11.5 Å². The predicted molar refractivity (Wildman–Crippen MR) is 122 cm³/mol. The van der Waals surface area contributed by atoms with Crippen LogP contribution in [0.3, 0.4) is 0 Å². The van der Waals surface area contributed by atoms with Gasteiger partial charge in [-0.05, 0) is 52.1 Å². The highest BCUT2D eigenvalue weighted by Gasteiger charge is 2.28. The molecule has 0 saturated carbocycles. The van der Waals surface area contributed by atoms with E-state index in [1.165, 1.54) is 31.4 Å². The molecule has 0 bridgehead atoms. The number of methoxy groups -OCH3 is 2. The molecule has 1 unspecified atom stereocenters. The van der Waals surface area contributed by atoms with Crippen molar-refractivity contribution in [3.8, 4) is 11.5 Å². The molecule has 1 aromatic heterocycles. The van der Waals surface area contributed by atoms with Crippen molar-refractivity contribution in [2.75, 3.05) is 27.3 Å². The van der Waals surface area contributed by atoms with Crippen molar-refractivity contribution in [1.82, 2.24) is 9.62 Å². The first-order chi connectivity index (χ1) is 15.0. The summed E-state index contributed by atoms with van der Waals surface area (Å²) in [7, 11) is -0.784. The molecule has 1 atom stereocenters. The molecule has 31 heavy (non-hydrogen) atoms. The van der Waals surface area contributed by atoms with Gasteiger partial charge in [0.2, 0.25) is 10.0 Å². The molecule has 1 aliphatic rings. The van der Waals surface area contributed by atoms with E-state index in [0.717, 1.165) is 25.1 Å². The van der Waals surface area contributed by atoms with Crippen LogP contribution in [0.15, 0.2) is 64.2 Å². The molecule has 8 heteroatoms. The first kappa shape index (κ1) is 21.8. The minimum absolute atomic E-state index is 0.0568. The van der Waals surface area contributed by atoms with Gasteiger partial charge in [-0.15, -0.1) is 0 Å². The van der Waals surface area contributed by atoms with Crippen molar-refractivity contribution in [2.45, 2.75) is 23.9 Å². The lowest BCUT2D eigenvalue weighted by molar-refractivity contribution is 0.180. The highest BCUT2D eigenvalue weighted by molar-refractivity contribution is 7.89. The number of sulfonamides is 1. The van der Waals surface area contributed by atoms with Gasteiger partial charge in [0.15, 0.2) is 0 Å². The molecule has 164 valence electrons. The molecule has 4 rings (SSSR count). The molecular formula is C23H26N2O4S2. The Morgan fingerprint density at radius 1 is 1.10 bits per heavy atom. The van der Waals surface area contributed by atoms with Crippen molar-refractivity contribution in [3.05, 3.63) is 76.0 Å². The first-order valence-corrected chi connectivity index (χ1v) is 12.5. The minimum atomic E-state index is -3.77. The fraction of sp³-hybridized carbons (Fsp3) is 0.304. The van der Waals surface area contributed by atoms with Crippen molar-refractivity contribution < 1.29 is 17.9 Å². The second kappa shape index (κ2) is 9.40. The number of benzene rings is 2. The van der Waals surface area contributed by atoms with E-state index in [2.05, 4.69) is 45.3 Å². The van der Waals surface area contributed by atoms with E-state index in [-0.39, 0.29) is 23.2 Å². The lowest BCUT2D eigenvalue weighted by Gasteiger charge is -2.35. The second-order valence-corrected chi connectivity index (χ2v) is 9.95. The Bertz CT molecular complexity index is 1130. The molecule has 1 aliphatic heterocycles. The summed E-state index contributed by atoms with van der Waals surface area (Å²) < 4.78 is 39.5. The summed E-state index contributed by atoms with van der Waals surface area (Å²) in [5.74, 6) is 0.796. The normalized spacial score (nSPS) is 15.3. The molecular weight excluding hydrogens is 432 g/mol. The Balaban J connectivity index is 1.56. The van der Waals surface area contributed by atoms with Crippen molar-refractivity contribution in [1.29, 1.82) is 0 Å². The third-order valence-corrected chi connectivity index (χ3v) is 7.82. The molecule has 0 fully saturated rings. The van der Waals surface area contributed by atoms with Crippen LogP contribution in [0, 0.1) is 0 Å². The molecule has 2 aromatic carbocycles. The predicted octanol–water partition coefficient (Wildman–Crippen LogP) is 3.84. The Kier molecular flexibility index (Phi) is 6.62. The molecule has 6 nitrogen and oxygen atoms in total. The first-order valence-electron chi connectivity index (χ1n) is 10.1. The van der Waals surface area contributed by atoms with E-state index in [0.29, 0.717) is 5.75 Å². The maximum Gasteiger partial charge on any atom is 0.244 e. The lowest BCUT2D eigenvalue weighted by Crippen LogP contribution is -2.40. The van der Waals surface area contributed by atoms with Crippen molar-refractivity contribution >= 4 is 21.4 Å². The quantitative estimate of drug-likeness (QED) is 0.556. The standard InChI is InChI=1S/C23H26N2O4S2/c1-28-20-7-8-23(22(13-20)29-2)31(26,27)24-14-21(19-10-12-30-16-19)25-11-9-17-5-3-4-6-18(17)15-25/h3-8,10,12-13,16,21,24H,9,11,14-15H2,1-2H3. The zero-order valence-electron chi connectivity index (χ0n) is 17.6. The zero-order valence-corrected chi connectivity index (χ0v) is 19.2. The summed E-state index contributed by atoms with van der Waals surface area (Å²) in [6.07, 6.45) is 0.954. The largest absolute Gasteiger partial charge is 0.497 e. The number of hydrogen-bond acceptors (Lipinski definition) is 6. The fourth-order valence-electron chi connectivity index (χ4n) is 3.97. The zero-order chi connectivity index (χ0) is 21.8. The van der Waals surface area contributed by atoms with Crippen LogP contribution in [0.4, 0.5) is 0 Å². The second-order valence-electron chi connectivity index (χ2n) is 7.43. The fourth-order valence-corrected chi connectivity index (χ4v) is 5.86. The molecule has 0 amide bonds. The number of nitrogens with zero attached hydrogens (tertiary/aromatic N) is 1. The van der Waals surface area contributed by atoms with Crippen molar-refractivity contribution in [2.24, 2.45) is 0 Å². The van der Waals surface area contributed by atoms with E-state index in [9.17, 15) is 8.42 Å². The van der Waals surface area contributed by atoms with Gasteiger partial charge >= 0.3 is 0 Å². The summed E-state index contributed by atoms with van der Waals surface area (Å²) in [6, 6.07) is 15.2. The molecule has 0 radical (unpaired) electrons. The summed E-state index contributed by atoms with van der Waals surface area (Å²) in [4.78, 5) is 2.45. The minimum Gasteiger partial charge on any atom is -0.497 e. The molecule has 0 saturated heterocycles. The maximum absolute atomic E-state index is 13.1. The van der Waals surface area contributed by atoms with Crippen LogP contribution < -0.4 is 14.2 Å². The van der Waals surface area contributed by atoms with E-state index >= 15 is 0 Å². The smallest absolute Gasteiger partial charge is 0.244 e. The summed E-state index contributed by atoms with van der Waals surface area (Å²) >= 11 is 1.62. The molecule has 3 aromatic rings. The molecule has 0 spiro atoms. The number of nitrogens with one attached hydrogen (secondary N) is 1. The van der Waals surface area contributed by atoms with Crippen LogP contribution in [0.25, 0.3) is 0 Å². The number of rotatable bonds is 8. The topological polar surface area (TPSA) is 67.9 Å². The third kappa shape index (κ3) is 4.77. The van der Waals surface area contributed by atoms with E-state index in [1.54, 1.807) is 23.5 Å². The Morgan fingerprint density at radius 2 is 1.90 bits per heavy atom. The van der Waals surface area contributed by atoms with Gasteiger partial charge in [-0.1, -0.05) is 24.3 Å². The maximum atomic E-state index is 13.1. The van der Waals surface area contributed by atoms with Gasteiger partial charge in [-0.25, -0.2) is 13.1 Å². The third-order valence-electron chi connectivity index (χ3n) is 5.66. The molecule has 0 aliphatic carbocycles. The molecule has 1 N–H and O–H groups in total. The van der Waals surface area contributed by atoms with Gasteiger partial charge < -0.3 is 9.47 Å². The van der Waals surface area contributed by atoms with Gasteiger partial charge in [0, 0.05) is 31.7 Å². The van der Waals surface area contributed by atoms with Crippen LogP contribution in [-0.2, 0) is 23.0 Å². The van der Waals surface area contributed by atoms with Gasteiger partial charge in [0.05, 0.1) is 14.2 Å². The van der Waals surface area contributed by atoms with E-state index < -0.39 is 10.0 Å². The molecule has 2 heterocycles. The van der Waals surface area contributed by atoms with Crippen LogP contribution in [0.1, 0.15) is 22.7 Å². The van der Waals surface area contributed by atoms with E-state index in [1.807, 2.05) is 5.38 Å². The van der Waals surface area contributed by atoms with Crippen LogP contribution in [-0.4, -0.2) is 40.6 Å². The van der Waals surface area contributed by atoms with Crippen LogP contribution in [0.2, 0.25) is 0 Å². The van der Waals surface area contributed by atoms with E-state index in [4.69, 9.17) is 9.47 Å². The summed E-state index contributed by atoms with van der Waals surface area (Å²) in [5.41, 5.74) is 3.79. The summed E-state index contributed by atoms with van der Waals surface area (Å²) in [6.45, 7) is 1.95. The van der Waals surface area contributed by atoms with Gasteiger partial charge in [0.25, 0.3) is 0 Å². The average Bonchev–Trinajstić information content (AvgIpc) is 3.33. The monoisotopic (exact) mass is 458 g/mol. The van der Waals surface area contributed by atoms with Gasteiger partial charge in [-0.3, -0.25) is 4.90 Å². The number of fused-ring (bicyclic) bond motifs is 1. The Hall–Kier alpha value is -2.39. The number of hydrogen-bond donors (Lipinski definition) is 1. The highest BCUT2D eigenvalue weighted by Crippen LogP contribution is 2.31. The highest BCUT2D eigenvalue weighted by atomic mass is 32.2. The van der Waals surface area contributed by atoms with Crippen LogP contribution >= 0.6 is 11.3 Å². The van der Waals surface area contributed by atoms with Gasteiger partial charge in [-0.2, -0.15) is 11.3 Å². The summed E-state index contributed by atoms with van der Waals surface area (Å²) in [5, 5.41) is 4.12. The van der Waals surface area contributed by atoms with Gasteiger partial charge in [0.1, 0.15) is 16.4 Å². The number of ether oxygens (including phenoxy) is 2.